The van der Waals surface area contributed by atoms with Gasteiger partial charge in [0.15, 0.2) is 5.69 Å². The molecule has 10 heteroatoms. The highest BCUT2D eigenvalue weighted by Gasteiger charge is 2.28. The van der Waals surface area contributed by atoms with Crippen molar-refractivity contribution in [3.8, 4) is 22.5 Å². The highest BCUT2D eigenvalue weighted by atomic mass is 16.6. The number of hydrogen-bond acceptors (Lipinski definition) is 5. The average Bonchev–Trinajstić information content (AvgIpc) is 3.24. The van der Waals surface area contributed by atoms with Gasteiger partial charge in [0.05, 0.1) is 5.56 Å². The Morgan fingerprint density at radius 2 is 1.53 bits per heavy atom. The highest BCUT2D eigenvalue weighted by molar-refractivity contribution is 6.04. The molecule has 43 heavy (non-hydrogen) atoms. The zero-order valence-electron chi connectivity index (χ0n) is 25.7. The first-order valence-electron chi connectivity index (χ1n) is 13.8. The van der Waals surface area contributed by atoms with Gasteiger partial charge in [-0.05, 0) is 93.3 Å². The van der Waals surface area contributed by atoms with E-state index in [4.69, 9.17) is 4.74 Å². The molecule has 0 aliphatic carbocycles. The zero-order valence-corrected chi connectivity index (χ0v) is 25.7. The van der Waals surface area contributed by atoms with Gasteiger partial charge in [-0.25, -0.2) is 14.5 Å². The first-order chi connectivity index (χ1) is 20.2. The number of amides is 3. The third-order valence-corrected chi connectivity index (χ3v) is 6.91. The maximum absolute atomic E-state index is 13.7. The lowest BCUT2D eigenvalue weighted by Gasteiger charge is -2.25. The molecule has 0 bridgehead atoms. The number of aromatic amines is 1. The summed E-state index contributed by atoms with van der Waals surface area (Å²) in [5.41, 5.74) is 5.07. The molecular formula is C33H37N5O5. The van der Waals surface area contributed by atoms with E-state index in [-0.39, 0.29) is 17.4 Å². The molecule has 0 saturated heterocycles. The van der Waals surface area contributed by atoms with Gasteiger partial charge in [-0.3, -0.25) is 14.5 Å². The Kier molecular flexibility index (Phi) is 8.61. The van der Waals surface area contributed by atoms with Gasteiger partial charge in [0.2, 0.25) is 5.69 Å². The standard InChI is InChI=1S/C33H37N5O5/c1-19-11-9-12-20(2)27(19)23-15-24(18-26(17-23)37(8)32(41)43-33(4,5)6)29-35-21(3)28(38(29)42)31(40)36-25-14-10-13-22(16-25)30(39)34-7/h9-18,35H,1-8H3,(H,34,39)(H,36,40). The van der Waals surface area contributed by atoms with Crippen molar-refractivity contribution >= 4 is 29.3 Å². The van der Waals surface area contributed by atoms with E-state index < -0.39 is 17.6 Å². The summed E-state index contributed by atoms with van der Waals surface area (Å²) >= 11 is 0. The van der Waals surface area contributed by atoms with Gasteiger partial charge in [0.1, 0.15) is 5.60 Å². The minimum absolute atomic E-state index is 0.125. The summed E-state index contributed by atoms with van der Waals surface area (Å²) in [6.45, 7) is 11.0. The monoisotopic (exact) mass is 583 g/mol. The molecule has 0 fully saturated rings. The average molecular weight is 584 g/mol. The minimum Gasteiger partial charge on any atom is -0.710 e. The number of aromatic nitrogens is 2. The second-order valence-corrected chi connectivity index (χ2v) is 11.4. The van der Waals surface area contributed by atoms with E-state index in [9.17, 15) is 19.6 Å². The molecule has 1 aromatic heterocycles. The van der Waals surface area contributed by atoms with Gasteiger partial charge < -0.3 is 20.6 Å². The first-order valence-corrected chi connectivity index (χ1v) is 13.8. The Hall–Kier alpha value is -5.12. The van der Waals surface area contributed by atoms with Crippen molar-refractivity contribution in [3.05, 3.63) is 93.9 Å². The number of hydrogen-bond donors (Lipinski definition) is 3. The summed E-state index contributed by atoms with van der Waals surface area (Å²) in [7, 11) is 3.13. The minimum atomic E-state index is -0.699. The number of imidazole rings is 1. The van der Waals surface area contributed by atoms with Gasteiger partial charge in [-0.15, -0.1) is 0 Å². The van der Waals surface area contributed by atoms with Crippen LogP contribution in [-0.4, -0.2) is 42.6 Å². The van der Waals surface area contributed by atoms with Crippen LogP contribution in [0.15, 0.2) is 60.7 Å². The van der Waals surface area contributed by atoms with Crippen molar-refractivity contribution in [2.24, 2.45) is 0 Å². The van der Waals surface area contributed by atoms with E-state index >= 15 is 0 Å². The molecule has 0 unspecified atom stereocenters. The van der Waals surface area contributed by atoms with E-state index in [0.29, 0.717) is 32.9 Å². The summed E-state index contributed by atoms with van der Waals surface area (Å²) in [4.78, 5) is 42.8. The molecule has 4 aromatic rings. The third kappa shape index (κ3) is 6.69. The van der Waals surface area contributed by atoms with Crippen molar-refractivity contribution in [2.75, 3.05) is 24.3 Å². The Bertz CT molecular complexity index is 1700. The van der Waals surface area contributed by atoms with Gasteiger partial charge in [0, 0.05) is 38.0 Å². The summed E-state index contributed by atoms with van der Waals surface area (Å²) in [5.74, 6) is -0.805. The van der Waals surface area contributed by atoms with Crippen LogP contribution in [0.2, 0.25) is 0 Å². The number of nitrogens with zero attached hydrogens (tertiary/aromatic N) is 2. The number of benzene rings is 3. The lowest BCUT2D eigenvalue weighted by Crippen LogP contribution is -2.37. The number of anilines is 2. The Balaban J connectivity index is 1.80. The highest BCUT2D eigenvalue weighted by Crippen LogP contribution is 2.34. The fraction of sp³-hybridized carbons (Fsp3) is 0.273. The van der Waals surface area contributed by atoms with Gasteiger partial charge >= 0.3 is 6.09 Å². The predicted octanol–water partition coefficient (Wildman–Crippen LogP) is 5.89. The molecular weight excluding hydrogens is 546 g/mol. The second kappa shape index (κ2) is 12.0. The van der Waals surface area contributed by atoms with Crippen molar-refractivity contribution in [3.63, 3.8) is 0 Å². The molecule has 3 aromatic carbocycles. The van der Waals surface area contributed by atoms with Crippen LogP contribution in [-0.2, 0) is 4.74 Å². The maximum atomic E-state index is 13.7. The normalized spacial score (nSPS) is 11.2. The van der Waals surface area contributed by atoms with E-state index in [2.05, 4.69) is 15.6 Å². The van der Waals surface area contributed by atoms with Crippen LogP contribution < -0.4 is 20.3 Å². The molecule has 4 rings (SSSR count). The number of carbonyl (C=O) groups excluding carboxylic acids is 3. The Labute approximate surface area is 251 Å². The zero-order chi connectivity index (χ0) is 31.6. The molecule has 3 N–H and O–H groups in total. The predicted molar refractivity (Wildman–Crippen MR) is 167 cm³/mol. The molecule has 1 heterocycles. The molecule has 0 aliphatic heterocycles. The number of aryl methyl sites for hydroxylation is 3. The van der Waals surface area contributed by atoms with E-state index in [1.165, 1.54) is 18.0 Å². The van der Waals surface area contributed by atoms with Crippen LogP contribution in [0, 0.1) is 26.0 Å². The Morgan fingerprint density at radius 3 is 2.16 bits per heavy atom. The molecule has 0 aliphatic rings. The number of nitrogens with one attached hydrogen (secondary N) is 3. The summed E-state index contributed by atoms with van der Waals surface area (Å²) in [6.07, 6.45) is -0.547. The summed E-state index contributed by atoms with van der Waals surface area (Å²) < 4.78 is 6.14. The van der Waals surface area contributed by atoms with Crippen LogP contribution in [0.1, 0.15) is 58.4 Å². The van der Waals surface area contributed by atoms with Gasteiger partial charge in [0.25, 0.3) is 17.6 Å². The molecule has 0 radical (unpaired) electrons. The molecule has 0 spiro atoms. The van der Waals surface area contributed by atoms with Crippen molar-refractivity contribution < 1.29 is 23.9 Å². The van der Waals surface area contributed by atoms with Gasteiger partial charge in [-0.2, -0.15) is 0 Å². The lowest BCUT2D eigenvalue weighted by molar-refractivity contribution is -0.594. The second-order valence-electron chi connectivity index (χ2n) is 11.4. The van der Waals surface area contributed by atoms with E-state index in [1.54, 1.807) is 59.0 Å². The number of rotatable bonds is 6. The fourth-order valence-corrected chi connectivity index (χ4v) is 4.87. The summed E-state index contributed by atoms with van der Waals surface area (Å²) in [5, 5.41) is 18.9. The molecule has 3 amide bonds. The molecule has 224 valence electrons. The number of carbonyl (C=O) groups is 3. The molecule has 0 atom stereocenters. The maximum Gasteiger partial charge on any atom is 0.414 e. The van der Waals surface area contributed by atoms with E-state index in [1.807, 2.05) is 44.2 Å². The van der Waals surface area contributed by atoms with Crippen LogP contribution in [0.3, 0.4) is 0 Å². The molecule has 0 saturated carbocycles. The largest absolute Gasteiger partial charge is 0.710 e. The molecule has 10 nitrogen and oxygen atoms in total. The third-order valence-electron chi connectivity index (χ3n) is 6.91. The fourth-order valence-electron chi connectivity index (χ4n) is 4.87. The van der Waals surface area contributed by atoms with Crippen LogP contribution in [0.4, 0.5) is 16.2 Å². The van der Waals surface area contributed by atoms with Crippen LogP contribution >= 0.6 is 0 Å². The van der Waals surface area contributed by atoms with Crippen molar-refractivity contribution in [2.45, 2.75) is 47.1 Å². The van der Waals surface area contributed by atoms with Crippen LogP contribution in [0.25, 0.3) is 22.5 Å². The quantitative estimate of drug-likeness (QED) is 0.192. The van der Waals surface area contributed by atoms with Crippen molar-refractivity contribution in [1.29, 1.82) is 0 Å². The van der Waals surface area contributed by atoms with Crippen LogP contribution in [0.5, 0.6) is 0 Å². The summed E-state index contributed by atoms with van der Waals surface area (Å²) in [6, 6.07) is 17.8. The smallest absolute Gasteiger partial charge is 0.414 e. The lowest BCUT2D eigenvalue weighted by atomic mass is 9.94. The SMILES string of the molecule is CNC(=O)c1cccc(NC(=O)c2c(C)[nH]c(-c3cc(-c4c(C)cccc4C)cc(N(C)C(=O)OC(C)(C)C)c3)[n+]2[O-])c1. The van der Waals surface area contributed by atoms with Crippen molar-refractivity contribution in [1.82, 2.24) is 10.3 Å². The first kappa shape index (κ1) is 30.8. The van der Waals surface area contributed by atoms with Gasteiger partial charge in [-0.1, -0.05) is 24.3 Å². The topological polar surface area (TPSA) is 130 Å². The Morgan fingerprint density at radius 1 is 0.907 bits per heavy atom. The number of H-pyrrole nitrogens is 1. The number of ether oxygens (including phenoxy) is 1. The van der Waals surface area contributed by atoms with E-state index in [0.717, 1.165) is 22.3 Å².